The van der Waals surface area contributed by atoms with Crippen LogP contribution in [0.5, 0.6) is 0 Å². The van der Waals surface area contributed by atoms with Gasteiger partial charge < -0.3 is 5.32 Å². The van der Waals surface area contributed by atoms with Crippen LogP contribution in [0.15, 0.2) is 29.2 Å². The summed E-state index contributed by atoms with van der Waals surface area (Å²) in [5.74, 6) is 0.552. The van der Waals surface area contributed by atoms with Crippen LogP contribution in [0.2, 0.25) is 0 Å². The number of hydrogen-bond acceptors (Lipinski definition) is 3. The molecule has 1 rings (SSSR count). The third kappa shape index (κ3) is 7.13. The van der Waals surface area contributed by atoms with Crippen molar-refractivity contribution in [2.75, 3.05) is 18.1 Å². The first-order valence-corrected chi connectivity index (χ1v) is 8.06. The Balaban J connectivity index is 2.36. The van der Waals surface area contributed by atoms with Gasteiger partial charge in [-0.1, -0.05) is 30.8 Å². The maximum Gasteiger partial charge on any atom is 0.441 e. The highest BCUT2D eigenvalue weighted by atomic mass is 32.2. The molecule has 1 atom stereocenters. The number of benzene rings is 1. The van der Waals surface area contributed by atoms with Gasteiger partial charge in [0.2, 0.25) is 0 Å². The van der Waals surface area contributed by atoms with Gasteiger partial charge in [-0.05, 0) is 31.2 Å². The minimum Gasteiger partial charge on any atom is -0.310 e. The molecule has 0 aliphatic carbocycles. The fourth-order valence-corrected chi connectivity index (χ4v) is 3.06. The van der Waals surface area contributed by atoms with E-state index in [1.54, 1.807) is 0 Å². The van der Waals surface area contributed by atoms with E-state index in [0.717, 1.165) is 11.4 Å². The Morgan fingerprint density at radius 2 is 1.79 bits per heavy atom. The highest BCUT2D eigenvalue weighted by Gasteiger charge is 2.27. The van der Waals surface area contributed by atoms with Crippen molar-refractivity contribution in [3.63, 3.8) is 0 Å². The van der Waals surface area contributed by atoms with Crippen LogP contribution in [0.25, 0.3) is 0 Å². The lowest BCUT2D eigenvalue weighted by molar-refractivity contribution is -0.0326. The number of halogens is 3. The molecule has 0 aliphatic rings. The van der Waals surface area contributed by atoms with Crippen LogP contribution in [0, 0.1) is 0 Å². The fourth-order valence-electron chi connectivity index (χ4n) is 1.59. The smallest absolute Gasteiger partial charge is 0.310 e. The van der Waals surface area contributed by atoms with Gasteiger partial charge in [-0.3, -0.25) is 0 Å². The van der Waals surface area contributed by atoms with E-state index in [1.807, 2.05) is 24.3 Å². The lowest BCUT2D eigenvalue weighted by Crippen LogP contribution is -2.17. The number of rotatable bonds is 7. The zero-order chi connectivity index (χ0) is 14.3. The fraction of sp³-hybridized carbons (Fsp3) is 0.538. The lowest BCUT2D eigenvalue weighted by atomic mass is 10.1. The maximum atomic E-state index is 11.9. The van der Waals surface area contributed by atoms with Gasteiger partial charge >= 0.3 is 5.51 Å². The summed E-state index contributed by atoms with van der Waals surface area (Å²) in [6.07, 6.45) is 0. The predicted molar refractivity (Wildman–Crippen MR) is 77.8 cm³/mol. The molecule has 1 unspecified atom stereocenters. The molecule has 0 aromatic heterocycles. The second-order valence-corrected chi connectivity index (χ2v) is 6.32. The third-order valence-electron chi connectivity index (χ3n) is 2.51. The molecule has 0 saturated carbocycles. The molecule has 0 bridgehead atoms. The number of nitrogens with one attached hydrogen (secondary N) is 1. The Morgan fingerprint density at radius 1 is 1.16 bits per heavy atom. The molecule has 0 radical (unpaired) electrons. The zero-order valence-electron chi connectivity index (χ0n) is 11.0. The Morgan fingerprint density at radius 3 is 2.32 bits per heavy atom. The van der Waals surface area contributed by atoms with Crippen molar-refractivity contribution < 1.29 is 13.2 Å². The summed E-state index contributed by atoms with van der Waals surface area (Å²) in [6, 6.07) is 8.27. The van der Waals surface area contributed by atoms with Crippen LogP contribution in [0.3, 0.4) is 0 Å². The van der Waals surface area contributed by atoms with Crippen molar-refractivity contribution in [3.05, 3.63) is 29.8 Å². The molecule has 19 heavy (non-hydrogen) atoms. The highest BCUT2D eigenvalue weighted by Crippen LogP contribution is 2.31. The monoisotopic (exact) mass is 309 g/mol. The van der Waals surface area contributed by atoms with Crippen molar-refractivity contribution in [1.82, 2.24) is 5.32 Å². The van der Waals surface area contributed by atoms with Gasteiger partial charge in [-0.15, -0.1) is 11.8 Å². The van der Waals surface area contributed by atoms with E-state index in [1.165, 1.54) is 17.3 Å². The van der Waals surface area contributed by atoms with Crippen molar-refractivity contribution >= 4 is 23.5 Å². The molecule has 0 fully saturated rings. The van der Waals surface area contributed by atoms with E-state index in [0.29, 0.717) is 11.8 Å². The van der Waals surface area contributed by atoms with E-state index in [2.05, 4.69) is 19.2 Å². The van der Waals surface area contributed by atoms with Crippen LogP contribution in [0.4, 0.5) is 13.2 Å². The van der Waals surface area contributed by atoms with Crippen molar-refractivity contribution in [1.29, 1.82) is 0 Å². The molecule has 0 heterocycles. The topological polar surface area (TPSA) is 12.0 Å². The Kier molecular flexibility index (Phi) is 7.10. The normalized spacial score (nSPS) is 13.5. The van der Waals surface area contributed by atoms with E-state index >= 15 is 0 Å². The molecule has 0 spiro atoms. The first-order chi connectivity index (χ1) is 8.92. The molecule has 1 aromatic rings. The third-order valence-corrected chi connectivity index (χ3v) is 4.52. The van der Waals surface area contributed by atoms with E-state index in [4.69, 9.17) is 0 Å². The SMILES string of the molecule is CCNC(C)c1ccc(SCCSC(F)(F)F)cc1. The van der Waals surface area contributed by atoms with Gasteiger partial charge in [0.25, 0.3) is 0 Å². The average molecular weight is 309 g/mol. The Hall–Kier alpha value is -0.330. The first-order valence-electron chi connectivity index (χ1n) is 6.09. The molecular weight excluding hydrogens is 291 g/mol. The van der Waals surface area contributed by atoms with Gasteiger partial charge in [-0.2, -0.15) is 13.2 Å². The molecule has 0 saturated heterocycles. The molecule has 6 heteroatoms. The van der Waals surface area contributed by atoms with Crippen molar-refractivity contribution in [3.8, 4) is 0 Å². The van der Waals surface area contributed by atoms with Crippen molar-refractivity contribution in [2.24, 2.45) is 0 Å². The number of thioether (sulfide) groups is 2. The summed E-state index contributed by atoms with van der Waals surface area (Å²) >= 11 is 1.49. The minimum atomic E-state index is -4.12. The minimum absolute atomic E-state index is 0.0366. The summed E-state index contributed by atoms with van der Waals surface area (Å²) in [7, 11) is 0. The van der Waals surface area contributed by atoms with E-state index < -0.39 is 5.51 Å². The van der Waals surface area contributed by atoms with E-state index in [-0.39, 0.29) is 17.5 Å². The second-order valence-electron chi connectivity index (χ2n) is 3.99. The molecule has 108 valence electrons. The summed E-state index contributed by atoms with van der Waals surface area (Å²) in [5.41, 5.74) is -2.93. The molecular formula is C13H18F3NS2. The Labute approximate surface area is 120 Å². The molecule has 0 amide bonds. The van der Waals surface area contributed by atoms with Crippen molar-refractivity contribution in [2.45, 2.75) is 30.3 Å². The molecule has 1 aromatic carbocycles. The largest absolute Gasteiger partial charge is 0.441 e. The van der Waals surface area contributed by atoms with Gasteiger partial charge in [0.05, 0.1) is 0 Å². The number of hydrogen-bond donors (Lipinski definition) is 1. The van der Waals surface area contributed by atoms with Crippen LogP contribution >= 0.6 is 23.5 Å². The first kappa shape index (κ1) is 16.7. The van der Waals surface area contributed by atoms with E-state index in [9.17, 15) is 13.2 Å². The predicted octanol–water partition coefficient (Wildman–Crippen LogP) is 4.70. The standard InChI is InChI=1S/C13H18F3NS2/c1-3-17-10(2)11-4-6-12(7-5-11)18-8-9-19-13(14,15)16/h4-7,10,17H,3,8-9H2,1-2H3. The van der Waals surface area contributed by atoms with Crippen LogP contribution in [-0.2, 0) is 0 Å². The van der Waals surface area contributed by atoms with Gasteiger partial charge in [0.15, 0.2) is 0 Å². The summed E-state index contributed by atoms with van der Waals surface area (Å²) < 4.78 is 35.8. The molecule has 1 N–H and O–H groups in total. The second kappa shape index (κ2) is 8.07. The highest BCUT2D eigenvalue weighted by molar-refractivity contribution is 8.03. The zero-order valence-corrected chi connectivity index (χ0v) is 12.6. The number of alkyl halides is 3. The Bertz CT molecular complexity index is 365. The average Bonchev–Trinajstić information content (AvgIpc) is 2.34. The quantitative estimate of drug-likeness (QED) is 0.579. The summed E-state index contributed by atoms with van der Waals surface area (Å²) in [6.45, 7) is 5.05. The van der Waals surface area contributed by atoms with Gasteiger partial charge in [0, 0.05) is 22.4 Å². The molecule has 0 aliphatic heterocycles. The van der Waals surface area contributed by atoms with Gasteiger partial charge in [0.1, 0.15) is 0 Å². The van der Waals surface area contributed by atoms with Crippen LogP contribution < -0.4 is 5.32 Å². The molecule has 1 nitrogen and oxygen atoms in total. The lowest BCUT2D eigenvalue weighted by Gasteiger charge is -2.13. The summed E-state index contributed by atoms with van der Waals surface area (Å²) in [4.78, 5) is 1.01. The van der Waals surface area contributed by atoms with Gasteiger partial charge in [-0.25, -0.2) is 0 Å². The van der Waals surface area contributed by atoms with Crippen LogP contribution in [-0.4, -0.2) is 23.6 Å². The summed E-state index contributed by atoms with van der Waals surface area (Å²) in [5, 5.41) is 3.32. The maximum absolute atomic E-state index is 11.9. The van der Waals surface area contributed by atoms with Crippen LogP contribution in [0.1, 0.15) is 25.5 Å².